The van der Waals surface area contributed by atoms with E-state index in [9.17, 15) is 29.1 Å². The van der Waals surface area contributed by atoms with E-state index in [1.807, 2.05) is 30.3 Å². The van der Waals surface area contributed by atoms with Gasteiger partial charge in [-0.1, -0.05) is 95.8 Å². The van der Waals surface area contributed by atoms with Crippen molar-refractivity contribution in [2.45, 2.75) is 128 Å². The number of hydrogen-bond donors (Lipinski definition) is 2. The zero-order valence-corrected chi connectivity index (χ0v) is 35.0. The van der Waals surface area contributed by atoms with Gasteiger partial charge in [-0.2, -0.15) is 0 Å². The first-order valence-corrected chi connectivity index (χ1v) is 20.9. The van der Waals surface area contributed by atoms with Gasteiger partial charge >= 0.3 is 17.9 Å². The van der Waals surface area contributed by atoms with Crippen LogP contribution in [-0.2, 0) is 49.3 Å². The number of aliphatic hydroxyl groups is 1. The van der Waals surface area contributed by atoms with Crippen LogP contribution < -0.4 is 5.32 Å². The molecule has 2 saturated heterocycles. The third kappa shape index (κ3) is 11.9. The molecule has 2 aromatic rings. The minimum atomic E-state index is -0.999. The number of ether oxygens (including phenoxy) is 5. The summed E-state index contributed by atoms with van der Waals surface area (Å²) in [4.78, 5) is 67.6. The van der Waals surface area contributed by atoms with E-state index < -0.39 is 71.4 Å². The van der Waals surface area contributed by atoms with E-state index in [1.54, 1.807) is 51.2 Å². The Balaban J connectivity index is 1.36. The molecule has 2 N–H and O–H groups in total. The fourth-order valence-corrected chi connectivity index (χ4v) is 7.69. The van der Waals surface area contributed by atoms with Crippen molar-refractivity contribution < 1.29 is 52.8 Å². The number of hydrogen-bond acceptors (Lipinski definition) is 11. The fraction of sp³-hybridized carbons (Fsp3) is 0.543. The van der Waals surface area contributed by atoms with E-state index in [4.69, 9.17) is 23.7 Å². The first-order chi connectivity index (χ1) is 28.3. The molecule has 5 atom stereocenters. The molecule has 2 amide bonds. The quantitative estimate of drug-likeness (QED) is 0.0711. The van der Waals surface area contributed by atoms with Crippen LogP contribution in [-0.4, -0.2) is 103 Å². The summed E-state index contributed by atoms with van der Waals surface area (Å²) in [6, 6.07) is 14.9. The Kier molecular flexibility index (Phi) is 16.0. The standard InChI is InChI=1S/C46H60N2O11/c1-6-8-13-23-46(24-14-9-7-2)58-37-29-34(42(52)48(5)35(41(51)47-25-26-49)27-32-15-11-10-12-16-32)28-36(39(37)59-46)56-43(53)33-20-17-31(18-21-33)19-22-38(50)57-40-44(54)55-30-45(40,3)4/h10-12,15-22,29,35-37,39-40,49H,6-9,13-14,23-28,30H2,1-5H3,(H,47,51). The van der Waals surface area contributed by atoms with Crippen molar-refractivity contribution in [3.05, 3.63) is 89.0 Å². The molecule has 2 aromatic carbocycles. The normalized spacial score (nSPS) is 22.2. The Hall–Kier alpha value is -4.85. The van der Waals surface area contributed by atoms with Crippen molar-refractivity contribution in [2.75, 3.05) is 26.8 Å². The van der Waals surface area contributed by atoms with Crippen LogP contribution in [0.5, 0.6) is 0 Å². The highest BCUT2D eigenvalue weighted by Crippen LogP contribution is 2.43. The number of rotatable bonds is 20. The molecule has 3 aliphatic rings. The van der Waals surface area contributed by atoms with Gasteiger partial charge in [0, 0.05) is 56.3 Å². The molecule has 0 aromatic heterocycles. The van der Waals surface area contributed by atoms with E-state index in [1.165, 1.54) is 17.1 Å². The highest BCUT2D eigenvalue weighted by molar-refractivity contribution is 5.97. The number of nitrogens with zero attached hydrogens (tertiary/aromatic N) is 1. The number of nitrogens with one attached hydrogen (secondary N) is 1. The average molecular weight is 817 g/mol. The lowest BCUT2D eigenvalue weighted by atomic mass is 9.90. The zero-order valence-electron chi connectivity index (χ0n) is 35.0. The number of unbranched alkanes of at least 4 members (excludes halogenated alkanes) is 4. The number of likely N-dealkylation sites (N-methyl/N-ethyl adjacent to an activating group) is 1. The second-order valence-electron chi connectivity index (χ2n) is 16.3. The third-order valence-corrected chi connectivity index (χ3v) is 11.1. The molecule has 5 unspecified atom stereocenters. The van der Waals surface area contributed by atoms with Crippen molar-refractivity contribution >= 4 is 35.8 Å². The van der Waals surface area contributed by atoms with Gasteiger partial charge in [-0.05, 0) is 48.3 Å². The average Bonchev–Trinajstić information content (AvgIpc) is 3.73. The van der Waals surface area contributed by atoms with Crippen molar-refractivity contribution in [1.82, 2.24) is 10.2 Å². The molecule has 320 valence electrons. The summed E-state index contributed by atoms with van der Waals surface area (Å²) in [5.74, 6) is -3.63. The molecular weight excluding hydrogens is 757 g/mol. The predicted molar refractivity (Wildman–Crippen MR) is 220 cm³/mol. The van der Waals surface area contributed by atoms with Crippen LogP contribution in [0.4, 0.5) is 0 Å². The van der Waals surface area contributed by atoms with Gasteiger partial charge in [0.25, 0.3) is 0 Å². The maximum Gasteiger partial charge on any atom is 0.348 e. The summed E-state index contributed by atoms with van der Waals surface area (Å²) in [5.41, 5.74) is 1.41. The first-order valence-electron chi connectivity index (χ1n) is 20.9. The number of cyclic esters (lactones) is 1. The molecule has 5 rings (SSSR count). The largest absolute Gasteiger partial charge is 0.462 e. The fourth-order valence-electron chi connectivity index (χ4n) is 7.69. The van der Waals surface area contributed by atoms with Gasteiger partial charge in [-0.25, -0.2) is 14.4 Å². The van der Waals surface area contributed by atoms with Gasteiger partial charge in [0.1, 0.15) is 31.0 Å². The number of carbonyl (C=O) groups excluding carboxylic acids is 5. The first kappa shape index (κ1) is 45.2. The molecule has 0 saturated carbocycles. The second-order valence-corrected chi connectivity index (χ2v) is 16.3. The maximum atomic E-state index is 14.4. The molecule has 0 spiro atoms. The van der Waals surface area contributed by atoms with Gasteiger partial charge in [-0.15, -0.1) is 0 Å². The van der Waals surface area contributed by atoms with Gasteiger partial charge in [0.2, 0.25) is 17.9 Å². The summed E-state index contributed by atoms with van der Waals surface area (Å²) in [7, 11) is 1.58. The molecule has 2 heterocycles. The lowest BCUT2D eigenvalue weighted by Gasteiger charge is -2.33. The van der Waals surface area contributed by atoms with Crippen molar-refractivity contribution in [1.29, 1.82) is 0 Å². The number of carbonyl (C=O) groups is 5. The Labute approximate surface area is 347 Å². The zero-order chi connectivity index (χ0) is 42.6. The molecule has 2 fully saturated rings. The van der Waals surface area contributed by atoms with Crippen molar-refractivity contribution in [3.63, 3.8) is 0 Å². The van der Waals surface area contributed by atoms with E-state index in [0.29, 0.717) is 24.0 Å². The molecule has 13 nitrogen and oxygen atoms in total. The van der Waals surface area contributed by atoms with Gasteiger partial charge in [-0.3, -0.25) is 9.59 Å². The summed E-state index contributed by atoms with van der Waals surface area (Å²) in [6.45, 7) is 7.80. The number of esters is 3. The highest BCUT2D eigenvalue weighted by atomic mass is 16.8. The topological polar surface area (TPSA) is 167 Å². The van der Waals surface area contributed by atoms with Crippen LogP contribution in [0.1, 0.15) is 107 Å². The number of aliphatic hydroxyl groups excluding tert-OH is 1. The summed E-state index contributed by atoms with van der Waals surface area (Å²) < 4.78 is 30.2. The maximum absolute atomic E-state index is 14.4. The molecule has 2 aliphatic heterocycles. The number of benzene rings is 2. The minimum absolute atomic E-state index is 0.0318. The van der Waals surface area contributed by atoms with E-state index >= 15 is 0 Å². The molecule has 0 radical (unpaired) electrons. The molecule has 59 heavy (non-hydrogen) atoms. The molecule has 13 heteroatoms. The lowest BCUT2D eigenvalue weighted by molar-refractivity contribution is -0.190. The van der Waals surface area contributed by atoms with Crippen molar-refractivity contribution in [2.24, 2.45) is 5.41 Å². The van der Waals surface area contributed by atoms with E-state index in [-0.39, 0.29) is 38.2 Å². The van der Waals surface area contributed by atoms with Crippen LogP contribution in [0.15, 0.2) is 72.3 Å². The lowest BCUT2D eigenvalue weighted by Crippen LogP contribution is -2.51. The third-order valence-electron chi connectivity index (χ3n) is 11.1. The highest BCUT2D eigenvalue weighted by Gasteiger charge is 2.53. The number of amides is 2. The predicted octanol–water partition coefficient (Wildman–Crippen LogP) is 5.87. The summed E-state index contributed by atoms with van der Waals surface area (Å²) >= 11 is 0. The smallest absolute Gasteiger partial charge is 0.348 e. The van der Waals surface area contributed by atoms with Crippen LogP contribution in [0.2, 0.25) is 0 Å². The van der Waals surface area contributed by atoms with Crippen LogP contribution in [0.25, 0.3) is 6.08 Å². The monoisotopic (exact) mass is 816 g/mol. The van der Waals surface area contributed by atoms with Crippen LogP contribution >= 0.6 is 0 Å². The molecule has 0 bridgehead atoms. The van der Waals surface area contributed by atoms with Crippen molar-refractivity contribution in [3.8, 4) is 0 Å². The Morgan fingerprint density at radius 3 is 2.24 bits per heavy atom. The SMILES string of the molecule is CCCCCC1(CCCCC)OC2C=C(C(=O)N(C)C(Cc3ccccc3)C(=O)NCCO)CC(OC(=O)c3ccc(C=CC(=O)OC4C(=O)OCC4(C)C)cc3)C2O1. The van der Waals surface area contributed by atoms with Gasteiger partial charge in [0.05, 0.1) is 12.2 Å². The van der Waals surface area contributed by atoms with Gasteiger partial charge in [0.15, 0.2) is 5.79 Å². The van der Waals surface area contributed by atoms with E-state index in [2.05, 4.69) is 19.2 Å². The van der Waals surface area contributed by atoms with Crippen LogP contribution in [0, 0.1) is 5.41 Å². The summed E-state index contributed by atoms with van der Waals surface area (Å²) in [6.07, 6.45) is 8.67. The molecular formula is C46H60N2O11. The van der Waals surface area contributed by atoms with Gasteiger partial charge < -0.3 is 39.0 Å². The van der Waals surface area contributed by atoms with E-state index in [0.717, 1.165) is 44.1 Å². The second kappa shape index (κ2) is 20.9. The Morgan fingerprint density at radius 1 is 0.949 bits per heavy atom. The number of fused-ring (bicyclic) bond motifs is 1. The Bertz CT molecular complexity index is 1810. The summed E-state index contributed by atoms with van der Waals surface area (Å²) in [5, 5.41) is 12.1. The Morgan fingerprint density at radius 2 is 1.63 bits per heavy atom. The molecule has 1 aliphatic carbocycles. The van der Waals surface area contributed by atoms with Crippen LogP contribution in [0.3, 0.4) is 0 Å². The minimum Gasteiger partial charge on any atom is -0.462 e.